The molecule has 134 valence electrons. The summed E-state index contributed by atoms with van der Waals surface area (Å²) in [7, 11) is 0. The molecule has 0 aliphatic heterocycles. The van der Waals surface area contributed by atoms with Gasteiger partial charge in [-0.15, -0.1) is 0 Å². The molecular weight excluding hydrogens is 403 g/mol. The van der Waals surface area contributed by atoms with Crippen LogP contribution in [0, 0.1) is 12.7 Å². The van der Waals surface area contributed by atoms with Gasteiger partial charge >= 0.3 is 0 Å². The van der Waals surface area contributed by atoms with E-state index in [1.54, 1.807) is 36.7 Å². The number of rotatable bonds is 5. The largest absolute Gasteiger partial charge is 0.307 e. The number of hydrogen-bond donors (Lipinski definition) is 1. The Labute approximate surface area is 157 Å². The smallest absolute Gasteiger partial charge is 0.251 e. The molecule has 2 heterocycles. The molecule has 1 aromatic carbocycles. The summed E-state index contributed by atoms with van der Waals surface area (Å²) in [6.07, 6.45) is 3.23. The van der Waals surface area contributed by atoms with Crippen molar-refractivity contribution in [2.45, 2.75) is 20.0 Å². The number of benzene rings is 1. The van der Waals surface area contributed by atoms with Gasteiger partial charge in [-0.2, -0.15) is 5.10 Å². The fraction of sp³-hybridized carbons (Fsp3) is 0.167. The highest BCUT2D eigenvalue weighted by Crippen LogP contribution is 2.21. The molecule has 0 saturated carbocycles. The summed E-state index contributed by atoms with van der Waals surface area (Å²) < 4.78 is 17.2. The molecule has 6 nitrogen and oxygen atoms in total. The van der Waals surface area contributed by atoms with Crippen LogP contribution >= 0.6 is 15.9 Å². The molecule has 2 aromatic heterocycles. The molecule has 0 bridgehead atoms. The van der Waals surface area contributed by atoms with Crippen LogP contribution in [0.4, 0.5) is 10.2 Å². The zero-order chi connectivity index (χ0) is 18.7. The summed E-state index contributed by atoms with van der Waals surface area (Å²) >= 11 is 3.33. The maximum Gasteiger partial charge on any atom is 0.251 e. The van der Waals surface area contributed by atoms with Gasteiger partial charge in [-0.05, 0) is 40.5 Å². The third kappa shape index (κ3) is 4.26. The minimum absolute atomic E-state index is 0.119. The number of carbonyl (C=O) groups excluding carboxylic acids is 1. The molecule has 8 heteroatoms. The summed E-state index contributed by atoms with van der Waals surface area (Å²) in [6, 6.07) is 9.65. The van der Waals surface area contributed by atoms with Crippen molar-refractivity contribution in [1.29, 1.82) is 0 Å². The first-order valence-corrected chi connectivity index (χ1v) is 8.65. The van der Waals surface area contributed by atoms with Crippen molar-refractivity contribution in [3.8, 4) is 0 Å². The van der Waals surface area contributed by atoms with E-state index in [4.69, 9.17) is 0 Å². The number of hydrogen-bond acceptors (Lipinski definition) is 3. The Balaban J connectivity index is 1.70. The van der Waals surface area contributed by atoms with Gasteiger partial charge in [0.25, 0.3) is 5.56 Å². The molecule has 0 atom stereocenters. The number of halogens is 2. The molecule has 0 spiro atoms. The second kappa shape index (κ2) is 7.65. The van der Waals surface area contributed by atoms with Crippen LogP contribution in [0.25, 0.3) is 0 Å². The quantitative estimate of drug-likeness (QED) is 0.692. The predicted octanol–water partition coefficient (Wildman–Crippen LogP) is 2.94. The van der Waals surface area contributed by atoms with Crippen molar-refractivity contribution in [2.24, 2.45) is 0 Å². The Morgan fingerprint density at radius 3 is 2.81 bits per heavy atom. The predicted molar refractivity (Wildman–Crippen MR) is 99.5 cm³/mol. The Morgan fingerprint density at radius 2 is 2.08 bits per heavy atom. The first kappa shape index (κ1) is 18.1. The Bertz CT molecular complexity index is 1010. The lowest BCUT2D eigenvalue weighted by Crippen LogP contribution is -2.27. The van der Waals surface area contributed by atoms with E-state index in [-0.39, 0.29) is 30.4 Å². The third-order valence-electron chi connectivity index (χ3n) is 3.73. The lowest BCUT2D eigenvalue weighted by Gasteiger charge is -2.06. The summed E-state index contributed by atoms with van der Waals surface area (Å²) in [5.74, 6) is -0.386. The first-order valence-electron chi connectivity index (χ1n) is 7.85. The molecule has 3 aromatic rings. The number of nitrogens with one attached hydrogen (secondary N) is 1. The topological polar surface area (TPSA) is 68.9 Å². The molecule has 0 aliphatic rings. The highest BCUT2D eigenvalue weighted by molar-refractivity contribution is 9.10. The lowest BCUT2D eigenvalue weighted by atomic mass is 10.2. The van der Waals surface area contributed by atoms with Crippen LogP contribution < -0.4 is 10.9 Å². The van der Waals surface area contributed by atoms with Crippen LogP contribution in [0.2, 0.25) is 0 Å². The number of amides is 1. The van der Waals surface area contributed by atoms with Crippen molar-refractivity contribution >= 4 is 27.7 Å². The molecule has 0 aliphatic carbocycles. The maximum atomic E-state index is 13.7. The van der Waals surface area contributed by atoms with Gasteiger partial charge in [-0.25, -0.2) is 4.39 Å². The highest BCUT2D eigenvalue weighted by Gasteiger charge is 2.12. The molecule has 0 unspecified atom stereocenters. The van der Waals surface area contributed by atoms with Gasteiger partial charge in [0.15, 0.2) is 5.82 Å². The summed E-state index contributed by atoms with van der Waals surface area (Å²) in [5, 5.41) is 6.90. The molecule has 1 N–H and O–H groups in total. The molecule has 1 amide bonds. The van der Waals surface area contributed by atoms with Crippen molar-refractivity contribution < 1.29 is 9.18 Å². The highest BCUT2D eigenvalue weighted by atomic mass is 79.9. The van der Waals surface area contributed by atoms with E-state index in [1.165, 1.54) is 21.4 Å². The van der Waals surface area contributed by atoms with Crippen LogP contribution in [-0.4, -0.2) is 20.3 Å². The molecule has 0 radical (unpaired) electrons. The second-order valence-corrected chi connectivity index (χ2v) is 6.69. The molecule has 3 rings (SSSR count). The SMILES string of the molecule is Cc1ccn(CC(=O)Nc2nn(Cc3ccccc3F)cc2Br)c(=O)c1. The van der Waals surface area contributed by atoms with Crippen molar-refractivity contribution in [3.63, 3.8) is 0 Å². The van der Waals surface area contributed by atoms with Crippen molar-refractivity contribution in [1.82, 2.24) is 14.3 Å². The average molecular weight is 419 g/mol. The lowest BCUT2D eigenvalue weighted by molar-refractivity contribution is -0.116. The Hall–Kier alpha value is -2.74. The van der Waals surface area contributed by atoms with Gasteiger partial charge in [0, 0.05) is 24.0 Å². The van der Waals surface area contributed by atoms with E-state index in [1.807, 2.05) is 6.92 Å². The molecule has 0 saturated heterocycles. The van der Waals surface area contributed by atoms with E-state index >= 15 is 0 Å². The van der Waals surface area contributed by atoms with Crippen LogP contribution in [0.1, 0.15) is 11.1 Å². The van der Waals surface area contributed by atoms with Gasteiger partial charge in [0.05, 0.1) is 11.0 Å². The zero-order valence-electron chi connectivity index (χ0n) is 13.9. The summed E-state index contributed by atoms with van der Waals surface area (Å²) in [6.45, 7) is 1.93. The van der Waals surface area contributed by atoms with E-state index < -0.39 is 0 Å². The normalized spacial score (nSPS) is 10.7. The zero-order valence-corrected chi connectivity index (χ0v) is 15.5. The van der Waals surface area contributed by atoms with Crippen LogP contribution in [-0.2, 0) is 17.9 Å². The molecule has 0 fully saturated rings. The van der Waals surface area contributed by atoms with E-state index in [0.717, 1.165) is 5.56 Å². The van der Waals surface area contributed by atoms with Gasteiger partial charge in [-0.1, -0.05) is 18.2 Å². The molecule has 26 heavy (non-hydrogen) atoms. The van der Waals surface area contributed by atoms with Gasteiger partial charge in [0.1, 0.15) is 12.4 Å². The number of nitrogens with zero attached hydrogens (tertiary/aromatic N) is 3. The monoisotopic (exact) mass is 418 g/mol. The Morgan fingerprint density at radius 1 is 1.31 bits per heavy atom. The average Bonchev–Trinajstić information content (AvgIpc) is 2.92. The number of aromatic nitrogens is 3. The summed E-state index contributed by atoms with van der Waals surface area (Å²) in [4.78, 5) is 24.0. The number of anilines is 1. The number of pyridine rings is 1. The van der Waals surface area contributed by atoms with Gasteiger partial charge in [0.2, 0.25) is 5.91 Å². The number of aryl methyl sites for hydroxylation is 1. The second-order valence-electron chi connectivity index (χ2n) is 5.83. The van der Waals surface area contributed by atoms with Gasteiger partial charge in [-0.3, -0.25) is 14.3 Å². The van der Waals surface area contributed by atoms with E-state index in [9.17, 15) is 14.0 Å². The van der Waals surface area contributed by atoms with Crippen LogP contribution in [0.15, 0.2) is 58.1 Å². The van der Waals surface area contributed by atoms with Crippen LogP contribution in [0.3, 0.4) is 0 Å². The Kier molecular flexibility index (Phi) is 5.32. The fourth-order valence-electron chi connectivity index (χ4n) is 2.43. The van der Waals surface area contributed by atoms with E-state index in [0.29, 0.717) is 15.9 Å². The summed E-state index contributed by atoms with van der Waals surface area (Å²) in [5.41, 5.74) is 1.08. The standard InChI is InChI=1S/C18H16BrFN4O2/c1-12-6-7-23(17(26)8-12)11-16(25)21-18-14(19)10-24(22-18)9-13-4-2-3-5-15(13)20/h2-8,10H,9,11H2,1H3,(H,21,22,25). The minimum Gasteiger partial charge on any atom is -0.307 e. The fourth-order valence-corrected chi connectivity index (χ4v) is 2.84. The first-order chi connectivity index (χ1) is 12.4. The van der Waals surface area contributed by atoms with Gasteiger partial charge < -0.3 is 9.88 Å². The maximum absolute atomic E-state index is 13.7. The third-order valence-corrected chi connectivity index (χ3v) is 4.31. The van der Waals surface area contributed by atoms with Crippen LogP contribution in [0.5, 0.6) is 0 Å². The van der Waals surface area contributed by atoms with Crippen molar-refractivity contribution in [3.05, 3.63) is 80.6 Å². The van der Waals surface area contributed by atoms with Crippen molar-refractivity contribution in [2.75, 3.05) is 5.32 Å². The minimum atomic E-state index is -0.382. The number of carbonyl (C=O) groups is 1. The molecular formula is C18H16BrFN4O2. The van der Waals surface area contributed by atoms with E-state index in [2.05, 4.69) is 26.3 Å².